The largest absolute Gasteiger partial charge is 0.492 e. The summed E-state index contributed by atoms with van der Waals surface area (Å²) in [5, 5.41) is 0. The van der Waals surface area contributed by atoms with Crippen molar-refractivity contribution in [3.05, 3.63) is 72.2 Å². The Labute approximate surface area is 175 Å². The molecule has 0 amide bonds. The molecule has 0 saturated heterocycles. The summed E-state index contributed by atoms with van der Waals surface area (Å²) < 4.78 is 50.3. The van der Waals surface area contributed by atoms with Crippen LogP contribution in [0.1, 0.15) is 11.3 Å². The van der Waals surface area contributed by atoms with Gasteiger partial charge in [-0.25, -0.2) is 8.42 Å². The molecule has 158 valence electrons. The molecule has 3 aromatic rings. The first-order valence-corrected chi connectivity index (χ1v) is 11.1. The van der Waals surface area contributed by atoms with Crippen LogP contribution >= 0.6 is 0 Å². The molecule has 4 rings (SSSR count). The van der Waals surface area contributed by atoms with E-state index >= 15 is 0 Å². The van der Waals surface area contributed by atoms with E-state index in [9.17, 15) is 8.42 Å². The Morgan fingerprint density at radius 3 is 2.60 bits per heavy atom. The lowest BCUT2D eigenvalue weighted by Gasteiger charge is -2.23. The number of hydrogen-bond acceptors (Lipinski definition) is 6. The highest BCUT2D eigenvalue weighted by atomic mass is 32.2. The van der Waals surface area contributed by atoms with E-state index in [4.69, 9.17) is 18.6 Å². The van der Waals surface area contributed by atoms with E-state index < -0.39 is 10.0 Å². The minimum absolute atomic E-state index is 0.0982. The van der Waals surface area contributed by atoms with Gasteiger partial charge < -0.3 is 18.6 Å². The van der Waals surface area contributed by atoms with E-state index in [1.165, 1.54) is 22.7 Å². The highest BCUT2D eigenvalue weighted by Gasteiger charge is 2.27. The van der Waals surface area contributed by atoms with Gasteiger partial charge in [0, 0.05) is 12.6 Å². The van der Waals surface area contributed by atoms with Gasteiger partial charge in [0.05, 0.1) is 17.7 Å². The number of aryl methyl sites for hydroxylation is 1. The minimum Gasteiger partial charge on any atom is -0.492 e. The molecule has 1 aromatic heterocycles. The quantitative estimate of drug-likeness (QED) is 0.544. The van der Waals surface area contributed by atoms with Crippen LogP contribution in [0, 0.1) is 6.92 Å². The number of hydrogen-bond donors (Lipinski definition) is 0. The van der Waals surface area contributed by atoms with Crippen molar-refractivity contribution < 1.29 is 27.0 Å². The zero-order chi connectivity index (χ0) is 21.0. The normalized spacial score (nSPS) is 13.4. The molecular weight excluding hydrogens is 406 g/mol. The smallest absolute Gasteiger partial charge is 0.243 e. The van der Waals surface area contributed by atoms with E-state index in [0.29, 0.717) is 36.2 Å². The maximum absolute atomic E-state index is 13.4. The van der Waals surface area contributed by atoms with Crippen molar-refractivity contribution in [2.24, 2.45) is 0 Å². The first kappa shape index (κ1) is 20.3. The van der Waals surface area contributed by atoms with Gasteiger partial charge in [0.2, 0.25) is 10.0 Å². The molecule has 1 aliphatic rings. The molecular formula is C22H23NO6S. The number of ether oxygens (including phenoxy) is 3. The van der Waals surface area contributed by atoms with Crippen LogP contribution in [0.25, 0.3) is 0 Å². The third kappa shape index (κ3) is 4.60. The average Bonchev–Trinajstić information content (AvgIpc) is 3.26. The van der Waals surface area contributed by atoms with Crippen LogP contribution in [0.5, 0.6) is 17.2 Å². The minimum atomic E-state index is -3.82. The van der Waals surface area contributed by atoms with Crippen molar-refractivity contribution >= 4 is 10.0 Å². The van der Waals surface area contributed by atoms with Gasteiger partial charge in [-0.1, -0.05) is 12.1 Å². The Balaban J connectivity index is 1.54. The molecule has 1 aliphatic heterocycles. The van der Waals surface area contributed by atoms with Gasteiger partial charge in [-0.3, -0.25) is 0 Å². The maximum Gasteiger partial charge on any atom is 0.243 e. The van der Waals surface area contributed by atoms with E-state index in [1.54, 1.807) is 18.2 Å². The van der Waals surface area contributed by atoms with Crippen LogP contribution in [-0.2, 0) is 16.6 Å². The van der Waals surface area contributed by atoms with Gasteiger partial charge in [-0.15, -0.1) is 0 Å². The Hall–Kier alpha value is -2.97. The fourth-order valence-corrected chi connectivity index (χ4v) is 4.57. The maximum atomic E-state index is 13.4. The van der Waals surface area contributed by atoms with Gasteiger partial charge in [0.1, 0.15) is 31.3 Å². The number of nitrogens with zero attached hydrogens (tertiary/aromatic N) is 1. The number of rotatable bonds is 8. The van der Waals surface area contributed by atoms with Crippen molar-refractivity contribution in [3.63, 3.8) is 0 Å². The molecule has 0 radical (unpaired) electrons. The Morgan fingerprint density at radius 1 is 1.00 bits per heavy atom. The summed E-state index contributed by atoms with van der Waals surface area (Å²) in [4.78, 5) is 0.133. The van der Waals surface area contributed by atoms with Gasteiger partial charge in [-0.05, 0) is 48.9 Å². The lowest BCUT2D eigenvalue weighted by Crippen LogP contribution is -2.34. The second-order valence-corrected chi connectivity index (χ2v) is 8.83. The molecule has 2 heterocycles. The lowest BCUT2D eigenvalue weighted by molar-refractivity contribution is 0.171. The highest BCUT2D eigenvalue weighted by molar-refractivity contribution is 7.89. The van der Waals surface area contributed by atoms with Gasteiger partial charge in [-0.2, -0.15) is 4.31 Å². The Kier molecular flexibility index (Phi) is 5.96. The summed E-state index contributed by atoms with van der Waals surface area (Å²) in [5.41, 5.74) is 1.07. The van der Waals surface area contributed by atoms with Crippen LogP contribution in [-0.4, -0.2) is 39.1 Å². The summed E-state index contributed by atoms with van der Waals surface area (Å²) in [6.45, 7) is 3.26. The van der Waals surface area contributed by atoms with Gasteiger partial charge in [0.25, 0.3) is 0 Å². The zero-order valence-electron chi connectivity index (χ0n) is 16.6. The molecule has 0 aliphatic carbocycles. The predicted octanol–water partition coefficient (Wildman–Crippen LogP) is 3.63. The first-order chi connectivity index (χ1) is 14.5. The second-order valence-electron chi connectivity index (χ2n) is 6.89. The predicted molar refractivity (Wildman–Crippen MR) is 110 cm³/mol. The van der Waals surface area contributed by atoms with Crippen LogP contribution in [0.15, 0.2) is 70.2 Å². The molecule has 0 spiro atoms. The van der Waals surface area contributed by atoms with E-state index in [-0.39, 0.29) is 24.6 Å². The van der Waals surface area contributed by atoms with Crippen molar-refractivity contribution in [2.75, 3.05) is 26.4 Å². The third-order valence-electron chi connectivity index (χ3n) is 4.66. The van der Waals surface area contributed by atoms with Crippen molar-refractivity contribution in [3.8, 4) is 17.2 Å². The molecule has 0 atom stereocenters. The number of sulfonamides is 1. The van der Waals surface area contributed by atoms with Crippen molar-refractivity contribution in [1.82, 2.24) is 4.31 Å². The molecule has 0 saturated carbocycles. The van der Waals surface area contributed by atoms with Gasteiger partial charge in [0.15, 0.2) is 11.5 Å². The molecule has 0 fully saturated rings. The Bertz CT molecular complexity index is 1090. The lowest BCUT2D eigenvalue weighted by atomic mass is 10.2. The highest BCUT2D eigenvalue weighted by Crippen LogP contribution is 2.33. The van der Waals surface area contributed by atoms with Crippen molar-refractivity contribution in [1.29, 1.82) is 0 Å². The second kappa shape index (κ2) is 8.81. The van der Waals surface area contributed by atoms with E-state index in [2.05, 4.69) is 0 Å². The summed E-state index contributed by atoms with van der Waals surface area (Å²) in [5.74, 6) is 2.22. The number of fused-ring (bicyclic) bond motifs is 1. The van der Waals surface area contributed by atoms with Crippen molar-refractivity contribution in [2.45, 2.75) is 18.4 Å². The topological polar surface area (TPSA) is 78.2 Å². The summed E-state index contributed by atoms with van der Waals surface area (Å²) in [6.07, 6.45) is 1.52. The zero-order valence-corrected chi connectivity index (χ0v) is 17.4. The van der Waals surface area contributed by atoms with Crippen LogP contribution in [0.2, 0.25) is 0 Å². The molecule has 0 bridgehead atoms. The summed E-state index contributed by atoms with van der Waals surface area (Å²) in [6, 6.07) is 15.8. The molecule has 0 N–H and O–H groups in total. The standard InChI is InChI=1S/C22H23NO6S/c1-17-4-2-5-18(14-17)27-11-9-23(16-19-6-3-10-26-19)30(24,25)20-7-8-21-22(15-20)29-13-12-28-21/h2-8,10,14-15H,9,11-13,16H2,1H3. The SMILES string of the molecule is Cc1cccc(OCCN(Cc2ccco2)S(=O)(=O)c2ccc3c(c2)OCCO3)c1. The molecule has 7 nitrogen and oxygen atoms in total. The molecule has 30 heavy (non-hydrogen) atoms. The van der Waals surface area contributed by atoms with Crippen LogP contribution in [0.4, 0.5) is 0 Å². The molecule has 0 unspecified atom stereocenters. The Morgan fingerprint density at radius 2 is 1.83 bits per heavy atom. The first-order valence-electron chi connectivity index (χ1n) is 9.64. The van der Waals surface area contributed by atoms with Crippen LogP contribution < -0.4 is 14.2 Å². The monoisotopic (exact) mass is 429 g/mol. The molecule has 2 aromatic carbocycles. The fraction of sp³-hybridized carbons (Fsp3) is 0.273. The summed E-state index contributed by atoms with van der Waals surface area (Å²) in [7, 11) is -3.82. The number of benzene rings is 2. The average molecular weight is 429 g/mol. The van der Waals surface area contributed by atoms with E-state index in [0.717, 1.165) is 5.56 Å². The van der Waals surface area contributed by atoms with E-state index in [1.807, 2.05) is 31.2 Å². The fourth-order valence-electron chi connectivity index (χ4n) is 3.16. The molecule has 8 heteroatoms. The number of furan rings is 1. The van der Waals surface area contributed by atoms with Crippen LogP contribution in [0.3, 0.4) is 0 Å². The third-order valence-corrected chi connectivity index (χ3v) is 6.50. The summed E-state index contributed by atoms with van der Waals surface area (Å²) >= 11 is 0. The van der Waals surface area contributed by atoms with Gasteiger partial charge >= 0.3 is 0 Å².